The molecule has 0 N–H and O–H groups in total. The van der Waals surface area contributed by atoms with Crippen LogP contribution in [0, 0.1) is 5.41 Å². The molecule has 1 rings (SSSR count). The Morgan fingerprint density at radius 1 is 1.50 bits per heavy atom. The minimum Gasteiger partial charge on any atom is -0.376 e. The monoisotopic (exact) mass is 199 g/mol. The zero-order valence-corrected chi connectivity index (χ0v) is 9.62. The number of ether oxygens (including phenoxy) is 1. The van der Waals surface area contributed by atoms with Crippen molar-refractivity contribution in [2.24, 2.45) is 5.41 Å². The number of hydrogen-bond acceptors (Lipinski definition) is 3. The number of morpholine rings is 1. The van der Waals surface area contributed by atoms with E-state index in [2.05, 4.69) is 18.7 Å². The van der Waals surface area contributed by atoms with Crippen molar-refractivity contribution in [1.82, 2.24) is 4.90 Å². The summed E-state index contributed by atoms with van der Waals surface area (Å²) in [6.45, 7) is 10.7. The van der Waals surface area contributed by atoms with Crippen LogP contribution in [0.1, 0.15) is 27.7 Å². The molecule has 0 amide bonds. The van der Waals surface area contributed by atoms with Gasteiger partial charge < -0.3 is 9.53 Å². The number of aldehydes is 1. The number of nitrogens with zero attached hydrogens (tertiary/aromatic N) is 1. The second-order valence-electron chi connectivity index (χ2n) is 5.03. The molecule has 0 radical (unpaired) electrons. The first-order chi connectivity index (χ1) is 6.44. The first kappa shape index (κ1) is 11.7. The molecule has 0 aliphatic carbocycles. The molecule has 0 aromatic rings. The van der Waals surface area contributed by atoms with Gasteiger partial charge in [-0.1, -0.05) is 13.8 Å². The van der Waals surface area contributed by atoms with Crippen LogP contribution in [0.2, 0.25) is 0 Å². The van der Waals surface area contributed by atoms with Crippen LogP contribution in [0.5, 0.6) is 0 Å². The summed E-state index contributed by atoms with van der Waals surface area (Å²) in [5.41, 5.74) is -0.245. The van der Waals surface area contributed by atoms with Crippen LogP contribution in [-0.4, -0.2) is 43.0 Å². The smallest absolute Gasteiger partial charge is 0.126 e. The molecule has 1 fully saturated rings. The molecule has 1 aliphatic heterocycles. The lowest BCUT2D eigenvalue weighted by Crippen LogP contribution is -2.50. The van der Waals surface area contributed by atoms with Gasteiger partial charge in [0, 0.05) is 24.5 Å². The fraction of sp³-hybridized carbons (Fsp3) is 0.909. The maximum absolute atomic E-state index is 10.8. The van der Waals surface area contributed by atoms with Crippen LogP contribution in [-0.2, 0) is 9.53 Å². The van der Waals surface area contributed by atoms with Gasteiger partial charge in [0.05, 0.1) is 12.7 Å². The van der Waals surface area contributed by atoms with Crippen molar-refractivity contribution in [3.63, 3.8) is 0 Å². The lowest BCUT2D eigenvalue weighted by Gasteiger charge is -2.39. The summed E-state index contributed by atoms with van der Waals surface area (Å²) in [6, 6.07) is 0.422. The molecule has 0 aromatic carbocycles. The predicted octanol–water partition coefficient (Wildman–Crippen LogP) is 1.32. The van der Waals surface area contributed by atoms with Crippen LogP contribution in [0.4, 0.5) is 0 Å². The van der Waals surface area contributed by atoms with E-state index in [4.69, 9.17) is 4.74 Å². The maximum atomic E-state index is 10.8. The van der Waals surface area contributed by atoms with Crippen molar-refractivity contribution < 1.29 is 9.53 Å². The third-order valence-electron chi connectivity index (χ3n) is 2.67. The Morgan fingerprint density at radius 2 is 2.14 bits per heavy atom. The Kier molecular flexibility index (Phi) is 3.67. The summed E-state index contributed by atoms with van der Waals surface area (Å²) in [5, 5.41) is 0. The van der Waals surface area contributed by atoms with E-state index in [1.807, 2.05) is 13.8 Å². The van der Waals surface area contributed by atoms with Crippen LogP contribution in [0.3, 0.4) is 0 Å². The van der Waals surface area contributed by atoms with Gasteiger partial charge in [-0.3, -0.25) is 4.90 Å². The van der Waals surface area contributed by atoms with E-state index in [1.165, 1.54) is 0 Å². The molecule has 82 valence electrons. The second-order valence-corrected chi connectivity index (χ2v) is 5.03. The summed E-state index contributed by atoms with van der Waals surface area (Å²) in [6.07, 6.45) is 1.33. The quantitative estimate of drug-likeness (QED) is 0.642. The Morgan fingerprint density at radius 3 is 2.71 bits per heavy atom. The van der Waals surface area contributed by atoms with Crippen molar-refractivity contribution in [3.8, 4) is 0 Å². The first-order valence-corrected chi connectivity index (χ1v) is 5.26. The fourth-order valence-corrected chi connectivity index (χ4v) is 1.75. The van der Waals surface area contributed by atoms with Gasteiger partial charge in [0.2, 0.25) is 0 Å². The van der Waals surface area contributed by atoms with Crippen molar-refractivity contribution in [2.45, 2.75) is 39.8 Å². The lowest BCUT2D eigenvalue weighted by molar-refractivity contribution is -0.118. The minimum absolute atomic E-state index is 0.245. The molecule has 0 bridgehead atoms. The SMILES string of the molecule is CC1CN(CC(C)(C)C=O)C(C)CO1. The fourth-order valence-electron chi connectivity index (χ4n) is 1.75. The minimum atomic E-state index is -0.245. The highest BCUT2D eigenvalue weighted by Crippen LogP contribution is 2.19. The van der Waals surface area contributed by atoms with E-state index in [-0.39, 0.29) is 11.5 Å². The molecule has 1 heterocycles. The number of rotatable bonds is 3. The molecule has 0 spiro atoms. The molecular weight excluding hydrogens is 178 g/mol. The standard InChI is InChI=1S/C11H21NO2/c1-9-6-14-10(2)5-12(9)7-11(3,4)8-13/h8-10H,5-7H2,1-4H3. The van der Waals surface area contributed by atoms with Crippen LogP contribution in [0.25, 0.3) is 0 Å². The highest BCUT2D eigenvalue weighted by Gasteiger charge is 2.28. The zero-order valence-electron chi connectivity index (χ0n) is 9.62. The van der Waals surface area contributed by atoms with Crippen molar-refractivity contribution in [2.75, 3.05) is 19.7 Å². The van der Waals surface area contributed by atoms with Crippen molar-refractivity contribution >= 4 is 6.29 Å². The zero-order chi connectivity index (χ0) is 10.8. The molecule has 3 nitrogen and oxygen atoms in total. The lowest BCUT2D eigenvalue weighted by atomic mass is 9.94. The van der Waals surface area contributed by atoms with E-state index in [9.17, 15) is 4.79 Å². The topological polar surface area (TPSA) is 29.5 Å². The van der Waals surface area contributed by atoms with E-state index >= 15 is 0 Å². The van der Waals surface area contributed by atoms with Gasteiger partial charge in [0.15, 0.2) is 0 Å². The highest BCUT2D eigenvalue weighted by molar-refractivity contribution is 5.58. The van der Waals surface area contributed by atoms with Gasteiger partial charge in [0.25, 0.3) is 0 Å². The molecular formula is C11H21NO2. The van der Waals surface area contributed by atoms with Gasteiger partial charge >= 0.3 is 0 Å². The van der Waals surface area contributed by atoms with E-state index in [1.54, 1.807) is 0 Å². The summed E-state index contributed by atoms with van der Waals surface area (Å²) in [7, 11) is 0. The largest absolute Gasteiger partial charge is 0.376 e. The average Bonchev–Trinajstić information content (AvgIpc) is 2.11. The van der Waals surface area contributed by atoms with Crippen LogP contribution < -0.4 is 0 Å². The molecule has 0 aromatic heterocycles. The molecule has 3 heteroatoms. The Bertz CT molecular complexity index is 203. The predicted molar refractivity (Wildman–Crippen MR) is 56.3 cm³/mol. The van der Waals surface area contributed by atoms with Crippen LogP contribution in [0.15, 0.2) is 0 Å². The van der Waals surface area contributed by atoms with Gasteiger partial charge in [0.1, 0.15) is 6.29 Å². The normalized spacial score (nSPS) is 30.3. The summed E-state index contributed by atoms with van der Waals surface area (Å²) in [4.78, 5) is 13.2. The van der Waals surface area contributed by atoms with E-state index < -0.39 is 0 Å². The van der Waals surface area contributed by atoms with Gasteiger partial charge in [-0.15, -0.1) is 0 Å². The first-order valence-electron chi connectivity index (χ1n) is 5.26. The Hall–Kier alpha value is -0.410. The van der Waals surface area contributed by atoms with Crippen molar-refractivity contribution in [3.05, 3.63) is 0 Å². The van der Waals surface area contributed by atoms with Gasteiger partial charge in [-0.2, -0.15) is 0 Å². The number of hydrogen-bond donors (Lipinski definition) is 0. The molecule has 14 heavy (non-hydrogen) atoms. The maximum Gasteiger partial charge on any atom is 0.126 e. The third kappa shape index (κ3) is 3.07. The van der Waals surface area contributed by atoms with Gasteiger partial charge in [-0.05, 0) is 13.8 Å². The second kappa shape index (κ2) is 4.41. The van der Waals surface area contributed by atoms with Gasteiger partial charge in [-0.25, -0.2) is 0 Å². The summed E-state index contributed by atoms with van der Waals surface area (Å²) in [5.74, 6) is 0. The van der Waals surface area contributed by atoms with Crippen LogP contribution >= 0.6 is 0 Å². The molecule has 2 atom stereocenters. The Labute approximate surface area is 86.4 Å². The van der Waals surface area contributed by atoms with Crippen molar-refractivity contribution in [1.29, 1.82) is 0 Å². The molecule has 0 saturated carbocycles. The van der Waals surface area contributed by atoms with E-state index in [0.717, 1.165) is 26.0 Å². The van der Waals surface area contributed by atoms with E-state index in [0.29, 0.717) is 6.04 Å². The summed E-state index contributed by atoms with van der Waals surface area (Å²) >= 11 is 0. The molecule has 1 saturated heterocycles. The summed E-state index contributed by atoms with van der Waals surface area (Å²) < 4.78 is 5.54. The average molecular weight is 199 g/mol. The number of carbonyl (C=O) groups is 1. The third-order valence-corrected chi connectivity index (χ3v) is 2.67. The Balaban J connectivity index is 2.53. The highest BCUT2D eigenvalue weighted by atomic mass is 16.5. The number of carbonyl (C=O) groups excluding carboxylic acids is 1. The molecule has 1 aliphatic rings. The molecule has 2 unspecified atom stereocenters.